The van der Waals surface area contributed by atoms with Crippen molar-refractivity contribution in [2.24, 2.45) is 35.5 Å². The van der Waals surface area contributed by atoms with E-state index in [-0.39, 0.29) is 43.4 Å². The van der Waals surface area contributed by atoms with Crippen LogP contribution in [0, 0.1) is 48.0 Å². The van der Waals surface area contributed by atoms with Gasteiger partial charge in [0.15, 0.2) is 0 Å². The van der Waals surface area contributed by atoms with E-state index in [1.807, 2.05) is 0 Å². The lowest BCUT2D eigenvalue weighted by molar-refractivity contribution is -0.338. The molecule has 6 unspecified atom stereocenters. The van der Waals surface area contributed by atoms with Gasteiger partial charge in [0.1, 0.15) is 18.3 Å². The fourth-order valence-electron chi connectivity index (χ4n) is 10.0. The summed E-state index contributed by atoms with van der Waals surface area (Å²) in [5.41, 5.74) is 0. The zero-order chi connectivity index (χ0) is 42.4. The predicted octanol–water partition coefficient (Wildman–Crippen LogP) is 7.14. The third kappa shape index (κ3) is 17.3. The van der Waals surface area contributed by atoms with Crippen LogP contribution in [0.2, 0.25) is 0 Å². The van der Waals surface area contributed by atoms with Gasteiger partial charge in [-0.15, -0.1) is 0 Å². The standard InChI is InChI=1S/C46H74O14/c1-2-55-40-17-19-42(45(49)50)43(31-40)46(51)59-37-12-8-33(9-13-37)20-22-52-24-26-54-27-25-53-23-21-34-10-14-38(15-11-34)60-58-32-35-30-39(16-18-41(35)44(47)48)57-29-28-56-36-6-4-3-5-7-36/h1,33-43H,3-32H2,(H,47,48)(H,49,50). The number of carbonyl (C=O) groups is 3. The maximum atomic E-state index is 12.9. The molecule has 5 saturated carbocycles. The highest BCUT2D eigenvalue weighted by Gasteiger charge is 2.42. The normalized spacial score (nSPS) is 31.5. The van der Waals surface area contributed by atoms with Gasteiger partial charge in [-0.05, 0) is 127 Å². The molecule has 14 heteroatoms. The molecule has 0 saturated heterocycles. The molecule has 0 heterocycles. The van der Waals surface area contributed by atoms with Gasteiger partial charge in [-0.2, -0.15) is 0 Å². The first-order chi connectivity index (χ1) is 29.3. The van der Waals surface area contributed by atoms with Crippen molar-refractivity contribution in [3.8, 4) is 12.5 Å². The van der Waals surface area contributed by atoms with Crippen molar-refractivity contribution in [2.75, 3.05) is 59.5 Å². The molecule has 0 aliphatic heterocycles. The summed E-state index contributed by atoms with van der Waals surface area (Å²) in [6.45, 7) is 4.91. The summed E-state index contributed by atoms with van der Waals surface area (Å²) in [5.74, 6) is -3.15. The van der Waals surface area contributed by atoms with Crippen molar-refractivity contribution >= 4 is 17.9 Å². The van der Waals surface area contributed by atoms with Crippen LogP contribution in [-0.2, 0) is 57.3 Å². The van der Waals surface area contributed by atoms with Crippen LogP contribution < -0.4 is 0 Å². The van der Waals surface area contributed by atoms with Crippen LogP contribution in [0.1, 0.15) is 135 Å². The van der Waals surface area contributed by atoms with Gasteiger partial charge in [0, 0.05) is 19.1 Å². The number of hydrogen-bond donors (Lipinski definition) is 2. The van der Waals surface area contributed by atoms with E-state index in [0.29, 0.717) is 96.5 Å². The Kier molecular flexibility index (Phi) is 22.3. The Bertz CT molecular complexity index is 1270. The highest BCUT2D eigenvalue weighted by molar-refractivity contribution is 5.81. The lowest BCUT2D eigenvalue weighted by Gasteiger charge is -2.34. The number of rotatable bonds is 26. The zero-order valence-electron chi connectivity index (χ0n) is 35.9. The van der Waals surface area contributed by atoms with E-state index in [1.54, 1.807) is 0 Å². The maximum Gasteiger partial charge on any atom is 0.310 e. The number of aliphatic carboxylic acids is 2. The number of terminal acetylenes is 1. The summed E-state index contributed by atoms with van der Waals surface area (Å²) in [5, 5.41) is 19.4. The van der Waals surface area contributed by atoms with Crippen molar-refractivity contribution in [3.05, 3.63) is 0 Å². The second-order valence-corrected chi connectivity index (χ2v) is 17.9. The van der Waals surface area contributed by atoms with E-state index < -0.39 is 35.7 Å². The zero-order valence-corrected chi connectivity index (χ0v) is 35.9. The average Bonchev–Trinajstić information content (AvgIpc) is 3.25. The SMILES string of the molecule is C#COC1CCC(C(=O)O)C(C(=O)OC2CCC(CCOCCOCCOCCC3CCC(OOCC4CC(OCCOC5CCCCC5)CCC4C(=O)O)CC3)CC2)C1. The van der Waals surface area contributed by atoms with E-state index in [1.165, 1.54) is 19.3 Å². The van der Waals surface area contributed by atoms with E-state index in [2.05, 4.69) is 6.11 Å². The highest BCUT2D eigenvalue weighted by atomic mass is 17.2. The van der Waals surface area contributed by atoms with Crippen LogP contribution in [0.25, 0.3) is 0 Å². The van der Waals surface area contributed by atoms with Gasteiger partial charge < -0.3 is 43.4 Å². The van der Waals surface area contributed by atoms with Crippen LogP contribution in [0.3, 0.4) is 0 Å². The lowest BCUT2D eigenvalue weighted by atomic mass is 9.77. The lowest BCUT2D eigenvalue weighted by Crippen LogP contribution is -2.40. The summed E-state index contributed by atoms with van der Waals surface area (Å²) in [7, 11) is 0. The van der Waals surface area contributed by atoms with Crippen molar-refractivity contribution in [1.82, 2.24) is 0 Å². The predicted molar refractivity (Wildman–Crippen MR) is 220 cm³/mol. The Morgan fingerprint density at radius 1 is 0.517 bits per heavy atom. The summed E-state index contributed by atoms with van der Waals surface area (Å²) >= 11 is 0. The van der Waals surface area contributed by atoms with Gasteiger partial charge in [-0.1, -0.05) is 25.7 Å². The van der Waals surface area contributed by atoms with Gasteiger partial charge >= 0.3 is 17.9 Å². The maximum absolute atomic E-state index is 12.9. The molecule has 342 valence electrons. The number of hydrogen-bond acceptors (Lipinski definition) is 12. The minimum atomic E-state index is -0.976. The molecular formula is C46H74O14. The van der Waals surface area contributed by atoms with E-state index in [4.69, 9.17) is 49.4 Å². The molecule has 0 radical (unpaired) electrons. The molecule has 0 spiro atoms. The number of ether oxygens (including phenoxy) is 7. The summed E-state index contributed by atoms with van der Waals surface area (Å²) < 4.78 is 40.5. The quantitative estimate of drug-likeness (QED) is 0.0296. The summed E-state index contributed by atoms with van der Waals surface area (Å²) in [6, 6.07) is 0. The topological polar surface area (TPSA) is 175 Å². The third-order valence-corrected chi connectivity index (χ3v) is 13.7. The van der Waals surface area contributed by atoms with E-state index in [0.717, 1.165) is 83.5 Å². The Labute approximate surface area is 357 Å². The Morgan fingerprint density at radius 2 is 1.05 bits per heavy atom. The largest absolute Gasteiger partial charge is 0.481 e. The van der Waals surface area contributed by atoms with Crippen LogP contribution in [-0.4, -0.2) is 118 Å². The first-order valence-electron chi connectivity index (χ1n) is 23.3. The van der Waals surface area contributed by atoms with E-state index >= 15 is 0 Å². The molecule has 14 nitrogen and oxygen atoms in total. The molecule has 0 aromatic heterocycles. The average molecular weight is 851 g/mol. The number of carbonyl (C=O) groups excluding carboxylic acids is 1. The smallest absolute Gasteiger partial charge is 0.310 e. The molecule has 5 rings (SSSR count). The van der Waals surface area contributed by atoms with Gasteiger partial charge in [-0.25, -0.2) is 9.78 Å². The monoisotopic (exact) mass is 851 g/mol. The fourth-order valence-corrected chi connectivity index (χ4v) is 10.0. The first-order valence-corrected chi connectivity index (χ1v) is 23.3. The summed E-state index contributed by atoms with van der Waals surface area (Å²) in [4.78, 5) is 48.1. The van der Waals surface area contributed by atoms with Gasteiger partial charge in [0.05, 0.1) is 82.3 Å². The molecule has 5 aliphatic carbocycles. The minimum Gasteiger partial charge on any atom is -0.481 e. The van der Waals surface area contributed by atoms with Crippen molar-refractivity contribution in [1.29, 1.82) is 0 Å². The van der Waals surface area contributed by atoms with Crippen LogP contribution in [0.4, 0.5) is 0 Å². The highest BCUT2D eigenvalue weighted by Crippen LogP contribution is 2.36. The molecule has 0 bridgehead atoms. The Hall–Kier alpha value is -2.51. The van der Waals surface area contributed by atoms with Crippen LogP contribution >= 0.6 is 0 Å². The molecule has 2 N–H and O–H groups in total. The third-order valence-electron chi connectivity index (χ3n) is 13.7. The first kappa shape index (κ1) is 48.5. The van der Waals surface area contributed by atoms with Crippen molar-refractivity contribution < 1.29 is 67.5 Å². The molecular weight excluding hydrogens is 776 g/mol. The Morgan fingerprint density at radius 3 is 1.65 bits per heavy atom. The number of esters is 1. The van der Waals surface area contributed by atoms with Crippen LogP contribution in [0.5, 0.6) is 0 Å². The van der Waals surface area contributed by atoms with E-state index in [9.17, 15) is 24.6 Å². The molecule has 0 aromatic carbocycles. The molecule has 0 aromatic rings. The second-order valence-electron chi connectivity index (χ2n) is 17.9. The number of carboxylic acids is 2. The minimum absolute atomic E-state index is 0.0303. The number of carboxylic acid groups (broad SMARTS) is 2. The molecule has 60 heavy (non-hydrogen) atoms. The molecule has 0 amide bonds. The van der Waals surface area contributed by atoms with Gasteiger partial charge in [0.25, 0.3) is 0 Å². The summed E-state index contributed by atoms with van der Waals surface area (Å²) in [6.07, 6.45) is 25.9. The van der Waals surface area contributed by atoms with Crippen molar-refractivity contribution in [3.63, 3.8) is 0 Å². The second kappa shape index (κ2) is 27.5. The van der Waals surface area contributed by atoms with Gasteiger partial charge in [-0.3, -0.25) is 14.4 Å². The Balaban J connectivity index is 0.804. The molecule has 5 fully saturated rings. The van der Waals surface area contributed by atoms with Crippen molar-refractivity contribution in [2.45, 2.75) is 165 Å². The molecule has 5 aliphatic rings. The van der Waals surface area contributed by atoms with Gasteiger partial charge in [0.2, 0.25) is 0 Å². The molecule has 6 atom stereocenters. The van der Waals surface area contributed by atoms with Crippen LogP contribution in [0.15, 0.2) is 0 Å². The fraction of sp³-hybridized carbons (Fsp3) is 0.891.